The number of anilines is 2. The molecule has 6 nitrogen and oxygen atoms in total. The van der Waals surface area contributed by atoms with Crippen LogP contribution in [0.15, 0.2) is 90.6 Å². The van der Waals surface area contributed by atoms with E-state index in [0.29, 0.717) is 16.8 Å². The normalized spacial score (nSPS) is 16.5. The lowest BCUT2D eigenvalue weighted by atomic mass is 10.0. The van der Waals surface area contributed by atoms with E-state index in [2.05, 4.69) is 10.7 Å². The predicted molar refractivity (Wildman–Crippen MR) is 120 cm³/mol. The Bertz CT molecular complexity index is 1270. The number of hydrogen-bond acceptors (Lipinski definition) is 5. The molecule has 1 heterocycles. The van der Waals surface area contributed by atoms with Crippen LogP contribution in [-0.4, -0.2) is 23.2 Å². The first-order valence-corrected chi connectivity index (χ1v) is 10.3. The van der Waals surface area contributed by atoms with Crippen LogP contribution in [0.1, 0.15) is 22.8 Å². The number of alkyl halides is 3. The van der Waals surface area contributed by atoms with Gasteiger partial charge in [0.05, 0.1) is 17.3 Å². The molecule has 172 valence electrons. The van der Waals surface area contributed by atoms with Crippen molar-refractivity contribution in [3.8, 4) is 6.07 Å². The van der Waals surface area contributed by atoms with E-state index < -0.39 is 24.2 Å². The fraction of sp³-hybridized carbons (Fsp3) is 0.120. The van der Waals surface area contributed by atoms with Crippen molar-refractivity contribution in [1.82, 2.24) is 5.43 Å². The molecule has 3 aromatic rings. The van der Waals surface area contributed by atoms with Gasteiger partial charge in [0.1, 0.15) is 17.8 Å². The number of aliphatic hydroxyl groups excluding tert-OH is 1. The van der Waals surface area contributed by atoms with E-state index in [-0.39, 0.29) is 16.9 Å². The molecule has 0 aromatic heterocycles. The van der Waals surface area contributed by atoms with E-state index in [1.165, 1.54) is 24.3 Å². The van der Waals surface area contributed by atoms with E-state index >= 15 is 0 Å². The number of benzene rings is 3. The van der Waals surface area contributed by atoms with Crippen molar-refractivity contribution in [1.29, 1.82) is 5.26 Å². The van der Waals surface area contributed by atoms with E-state index in [1.807, 2.05) is 12.1 Å². The Morgan fingerprint density at radius 1 is 1.03 bits per heavy atom. The Labute approximate surface area is 193 Å². The van der Waals surface area contributed by atoms with Crippen LogP contribution in [0.25, 0.3) is 0 Å². The van der Waals surface area contributed by atoms with Crippen LogP contribution in [0.3, 0.4) is 0 Å². The molecule has 0 radical (unpaired) electrons. The number of nitrogens with zero attached hydrogens (tertiary/aromatic N) is 2. The summed E-state index contributed by atoms with van der Waals surface area (Å²) in [7, 11) is 0. The van der Waals surface area contributed by atoms with Crippen LogP contribution in [0, 0.1) is 11.3 Å². The number of aliphatic hydroxyl groups is 1. The molecule has 0 saturated heterocycles. The highest BCUT2D eigenvalue weighted by Gasteiger charge is 2.45. The summed E-state index contributed by atoms with van der Waals surface area (Å²) in [6.07, 6.45) is -4.78. The van der Waals surface area contributed by atoms with Gasteiger partial charge in [-0.05, 0) is 47.5 Å². The number of nitrogens with one attached hydrogen (secondary N) is 2. The van der Waals surface area contributed by atoms with Crippen molar-refractivity contribution in [2.24, 2.45) is 0 Å². The summed E-state index contributed by atoms with van der Waals surface area (Å²) in [4.78, 5) is 13.0. The number of carbonyl (C=O) groups excluding carboxylic acids is 1. The number of nitriles is 1. The van der Waals surface area contributed by atoms with Crippen molar-refractivity contribution < 1.29 is 23.1 Å². The van der Waals surface area contributed by atoms with Gasteiger partial charge >= 0.3 is 6.18 Å². The van der Waals surface area contributed by atoms with Crippen molar-refractivity contribution >= 4 is 17.3 Å². The van der Waals surface area contributed by atoms with Gasteiger partial charge in [0.15, 0.2) is 0 Å². The van der Waals surface area contributed by atoms with Gasteiger partial charge < -0.3 is 10.4 Å². The monoisotopic (exact) mass is 464 g/mol. The summed E-state index contributed by atoms with van der Waals surface area (Å²) in [6.45, 7) is 0. The molecule has 2 unspecified atom stereocenters. The lowest BCUT2D eigenvalue weighted by Crippen LogP contribution is -2.45. The number of rotatable bonds is 5. The molecule has 9 heteroatoms. The number of amides is 1. The zero-order valence-corrected chi connectivity index (χ0v) is 17.6. The van der Waals surface area contributed by atoms with Gasteiger partial charge in [-0.2, -0.15) is 18.4 Å². The van der Waals surface area contributed by atoms with Crippen molar-refractivity contribution in [3.05, 3.63) is 107 Å². The molecule has 4 rings (SSSR count). The Morgan fingerprint density at radius 3 is 2.44 bits per heavy atom. The minimum Gasteiger partial charge on any atom is -0.384 e. The van der Waals surface area contributed by atoms with Crippen LogP contribution in [0.4, 0.5) is 24.5 Å². The smallest absolute Gasteiger partial charge is 0.384 e. The molecule has 0 aliphatic carbocycles. The highest BCUT2D eigenvalue weighted by Crippen LogP contribution is 2.31. The van der Waals surface area contributed by atoms with Crippen molar-refractivity contribution in [2.45, 2.75) is 18.3 Å². The Balaban J connectivity index is 1.60. The fourth-order valence-electron chi connectivity index (χ4n) is 3.56. The molecule has 3 N–H and O–H groups in total. The van der Waals surface area contributed by atoms with Gasteiger partial charge in [0, 0.05) is 5.69 Å². The van der Waals surface area contributed by atoms with Gasteiger partial charge in [-0.1, -0.05) is 48.5 Å². The van der Waals surface area contributed by atoms with Gasteiger partial charge in [-0.25, -0.2) is 5.43 Å². The van der Waals surface area contributed by atoms with Gasteiger partial charge in [-0.3, -0.25) is 9.80 Å². The first-order valence-electron chi connectivity index (χ1n) is 10.3. The molecule has 0 spiro atoms. The van der Waals surface area contributed by atoms with E-state index in [9.17, 15) is 23.1 Å². The Hall–Kier alpha value is -4.13. The van der Waals surface area contributed by atoms with Crippen LogP contribution < -0.4 is 15.8 Å². The minimum absolute atomic E-state index is 0.209. The first-order chi connectivity index (χ1) is 16.3. The van der Waals surface area contributed by atoms with Gasteiger partial charge in [0.25, 0.3) is 5.91 Å². The molecule has 3 aromatic carbocycles. The molecular weight excluding hydrogens is 445 g/mol. The van der Waals surface area contributed by atoms with Crippen LogP contribution in [-0.2, 0) is 4.79 Å². The number of hydrogen-bond donors (Lipinski definition) is 3. The summed E-state index contributed by atoms with van der Waals surface area (Å²) >= 11 is 0. The highest BCUT2D eigenvalue weighted by molar-refractivity contribution is 6.06. The van der Waals surface area contributed by atoms with Crippen LogP contribution in [0.2, 0.25) is 0 Å². The molecule has 1 aliphatic heterocycles. The average molecular weight is 464 g/mol. The number of carbonyl (C=O) groups is 1. The first kappa shape index (κ1) is 23.0. The fourth-order valence-corrected chi connectivity index (χ4v) is 3.56. The Morgan fingerprint density at radius 2 is 1.74 bits per heavy atom. The zero-order chi connectivity index (χ0) is 24.3. The largest absolute Gasteiger partial charge is 0.409 e. The highest BCUT2D eigenvalue weighted by atomic mass is 19.4. The lowest BCUT2D eigenvalue weighted by Gasteiger charge is -2.24. The third-order valence-electron chi connectivity index (χ3n) is 5.23. The Kier molecular flexibility index (Phi) is 6.36. The predicted octanol–water partition coefficient (Wildman–Crippen LogP) is 4.42. The SMILES string of the molecule is N#Cc1cccc(N2NC(C(F)(F)F)C=C2C(=O)Nc2cccc(C(O)c3ccccc3)c2)c1. The molecule has 0 fully saturated rings. The van der Waals surface area contributed by atoms with E-state index in [1.54, 1.807) is 48.5 Å². The summed E-state index contributed by atoms with van der Waals surface area (Å²) in [5.41, 5.74) is 3.91. The molecule has 0 bridgehead atoms. The minimum atomic E-state index is -4.63. The van der Waals surface area contributed by atoms with Crippen LogP contribution >= 0.6 is 0 Å². The summed E-state index contributed by atoms with van der Waals surface area (Å²) < 4.78 is 40.2. The van der Waals surface area contributed by atoms with Crippen LogP contribution in [0.5, 0.6) is 0 Å². The van der Waals surface area contributed by atoms with Crippen molar-refractivity contribution in [3.63, 3.8) is 0 Å². The number of halogens is 3. The topological polar surface area (TPSA) is 88.4 Å². The summed E-state index contributed by atoms with van der Waals surface area (Å²) in [5, 5.41) is 23.4. The van der Waals surface area contributed by atoms with Crippen molar-refractivity contribution in [2.75, 3.05) is 10.3 Å². The molecule has 1 aliphatic rings. The maximum atomic E-state index is 13.4. The quantitative estimate of drug-likeness (QED) is 0.520. The molecule has 2 atom stereocenters. The second-order valence-electron chi connectivity index (χ2n) is 7.59. The third kappa shape index (κ3) is 4.93. The third-order valence-corrected chi connectivity index (χ3v) is 5.23. The van der Waals surface area contributed by atoms with Gasteiger partial charge in [-0.15, -0.1) is 0 Å². The average Bonchev–Trinajstić information content (AvgIpc) is 3.31. The second-order valence-corrected chi connectivity index (χ2v) is 7.59. The lowest BCUT2D eigenvalue weighted by molar-refractivity contribution is -0.142. The maximum absolute atomic E-state index is 13.4. The summed E-state index contributed by atoms with van der Waals surface area (Å²) in [6, 6.07) is 21.1. The maximum Gasteiger partial charge on any atom is 0.409 e. The number of hydrazine groups is 1. The molecule has 0 saturated carbocycles. The van der Waals surface area contributed by atoms with Gasteiger partial charge in [0.2, 0.25) is 0 Å². The van der Waals surface area contributed by atoms with E-state index in [4.69, 9.17) is 5.26 Å². The molecule has 1 amide bonds. The molecular formula is C25H19F3N4O2. The standard InChI is InChI=1S/C25H19F3N4O2/c26-25(27,28)22-14-21(32(31-22)20-11-4-6-16(12-20)15-29)24(34)30-19-10-5-9-18(13-19)23(33)17-7-2-1-3-8-17/h1-14,22-23,31,33H,(H,30,34). The van der Waals surface area contributed by atoms with E-state index in [0.717, 1.165) is 11.1 Å². The zero-order valence-electron chi connectivity index (χ0n) is 17.6. The molecule has 34 heavy (non-hydrogen) atoms. The summed E-state index contributed by atoms with van der Waals surface area (Å²) in [5.74, 6) is -0.784. The second kappa shape index (κ2) is 9.39.